The van der Waals surface area contributed by atoms with Crippen molar-refractivity contribution in [1.29, 1.82) is 0 Å². The van der Waals surface area contributed by atoms with Crippen LogP contribution in [-0.4, -0.2) is 52.8 Å². The first-order valence-electron chi connectivity index (χ1n) is 12.1. The fourth-order valence-electron chi connectivity index (χ4n) is 5.27. The number of hydrogen-bond acceptors (Lipinski definition) is 3. The predicted molar refractivity (Wildman–Crippen MR) is 127 cm³/mol. The first-order chi connectivity index (χ1) is 15.9. The molecular weight excluding hydrogens is 417 g/mol. The summed E-state index contributed by atoms with van der Waals surface area (Å²) in [6, 6.07) is 14.6. The molecule has 2 aromatic carbocycles. The molecule has 1 fully saturated rings. The largest absolute Gasteiger partial charge is 0.354 e. The summed E-state index contributed by atoms with van der Waals surface area (Å²) >= 11 is 0. The van der Waals surface area contributed by atoms with E-state index in [1.807, 2.05) is 21.9 Å². The summed E-state index contributed by atoms with van der Waals surface area (Å²) in [4.78, 5) is 30.6. The van der Waals surface area contributed by atoms with Gasteiger partial charge in [-0.05, 0) is 74.8 Å². The van der Waals surface area contributed by atoms with E-state index in [0.29, 0.717) is 25.9 Å². The average molecular weight is 452 g/mol. The Labute approximate surface area is 196 Å². The van der Waals surface area contributed by atoms with E-state index in [4.69, 9.17) is 0 Å². The lowest BCUT2D eigenvalue weighted by molar-refractivity contribution is -0.140. The van der Waals surface area contributed by atoms with Crippen molar-refractivity contribution in [3.05, 3.63) is 71.0 Å². The van der Waals surface area contributed by atoms with E-state index in [2.05, 4.69) is 31.3 Å². The Balaban J connectivity index is 1.44. The third kappa shape index (κ3) is 5.61. The van der Waals surface area contributed by atoms with Gasteiger partial charge in [0.1, 0.15) is 5.82 Å². The molecule has 0 spiro atoms. The van der Waals surface area contributed by atoms with Crippen LogP contribution in [0.4, 0.5) is 4.39 Å². The molecule has 3 atom stereocenters. The Hall–Kier alpha value is -2.73. The van der Waals surface area contributed by atoms with E-state index >= 15 is 0 Å². The molecule has 2 amide bonds. The van der Waals surface area contributed by atoms with Crippen LogP contribution in [0.25, 0.3) is 0 Å². The highest BCUT2D eigenvalue weighted by atomic mass is 19.1. The van der Waals surface area contributed by atoms with Crippen molar-refractivity contribution < 1.29 is 14.0 Å². The zero-order chi connectivity index (χ0) is 23.4. The lowest BCUT2D eigenvalue weighted by Gasteiger charge is -2.42. The number of piperidine rings is 1. The van der Waals surface area contributed by atoms with Gasteiger partial charge in [-0.25, -0.2) is 4.39 Å². The molecule has 0 aliphatic carbocycles. The zero-order valence-corrected chi connectivity index (χ0v) is 19.6. The molecular formula is C27H34FN3O2. The minimum absolute atomic E-state index is 0.0563. The number of nitrogens with one attached hydrogen (secondary N) is 1. The van der Waals surface area contributed by atoms with Crippen LogP contribution in [0.1, 0.15) is 49.8 Å². The van der Waals surface area contributed by atoms with Gasteiger partial charge < -0.3 is 10.2 Å². The predicted octanol–water partition coefficient (Wildman–Crippen LogP) is 3.70. The Morgan fingerprint density at radius 1 is 1.00 bits per heavy atom. The summed E-state index contributed by atoms with van der Waals surface area (Å²) in [5.74, 6) is -0.210. The summed E-state index contributed by atoms with van der Waals surface area (Å²) in [5.41, 5.74) is 3.32. The van der Waals surface area contributed by atoms with Gasteiger partial charge in [0.15, 0.2) is 0 Å². The second kappa shape index (κ2) is 10.5. The molecule has 4 rings (SSSR count). The Morgan fingerprint density at radius 3 is 2.36 bits per heavy atom. The van der Waals surface area contributed by atoms with Crippen molar-refractivity contribution >= 4 is 11.8 Å². The van der Waals surface area contributed by atoms with E-state index in [-0.39, 0.29) is 42.3 Å². The van der Waals surface area contributed by atoms with E-state index in [9.17, 15) is 14.0 Å². The van der Waals surface area contributed by atoms with Gasteiger partial charge in [-0.3, -0.25) is 14.5 Å². The molecule has 5 nitrogen and oxygen atoms in total. The van der Waals surface area contributed by atoms with Crippen molar-refractivity contribution in [1.82, 2.24) is 15.1 Å². The Morgan fingerprint density at radius 2 is 1.67 bits per heavy atom. The molecule has 2 aromatic rings. The minimum Gasteiger partial charge on any atom is -0.354 e. The number of carbonyl (C=O) groups is 2. The molecule has 0 radical (unpaired) electrons. The van der Waals surface area contributed by atoms with E-state index in [1.54, 1.807) is 12.1 Å². The summed E-state index contributed by atoms with van der Waals surface area (Å²) in [5, 5.41) is 3.05. The van der Waals surface area contributed by atoms with Gasteiger partial charge >= 0.3 is 0 Å². The van der Waals surface area contributed by atoms with Gasteiger partial charge in [0.2, 0.25) is 11.8 Å². The molecule has 0 aromatic heterocycles. The summed E-state index contributed by atoms with van der Waals surface area (Å²) in [6.07, 6.45) is 4.45. The van der Waals surface area contributed by atoms with Gasteiger partial charge in [0.05, 0.1) is 12.6 Å². The number of fused-ring (bicyclic) bond motifs is 1. The first-order valence-corrected chi connectivity index (χ1v) is 12.1. The molecule has 2 heterocycles. The van der Waals surface area contributed by atoms with E-state index in [0.717, 1.165) is 24.8 Å². The standard InChI is InChI=1S/C27H34FN3O2/c1-19-6-5-7-20(2)31(19)26(32)18-30-17-23-9-4-3-8-22(23)16-25(30)27(33)29-15-14-21-10-12-24(28)13-11-21/h3-4,8-13,19-20,25H,5-7,14-18H2,1-2H3,(H,29,33). The highest BCUT2D eigenvalue weighted by Gasteiger charge is 2.35. The van der Waals surface area contributed by atoms with Gasteiger partial charge in [-0.15, -0.1) is 0 Å². The van der Waals surface area contributed by atoms with Crippen LogP contribution in [-0.2, 0) is 29.0 Å². The fraction of sp³-hybridized carbons (Fsp3) is 0.481. The maximum Gasteiger partial charge on any atom is 0.237 e. The molecule has 176 valence electrons. The van der Waals surface area contributed by atoms with Crippen LogP contribution in [0.5, 0.6) is 0 Å². The lowest BCUT2D eigenvalue weighted by Crippen LogP contribution is -2.56. The van der Waals surface area contributed by atoms with Crippen molar-refractivity contribution in [2.24, 2.45) is 0 Å². The molecule has 2 aliphatic rings. The number of benzene rings is 2. The number of nitrogens with zero attached hydrogens (tertiary/aromatic N) is 2. The van der Waals surface area contributed by atoms with Gasteiger partial charge in [-0.1, -0.05) is 36.4 Å². The molecule has 3 unspecified atom stereocenters. The minimum atomic E-state index is -0.382. The number of hydrogen-bond donors (Lipinski definition) is 1. The Bertz CT molecular complexity index is 968. The third-order valence-corrected chi connectivity index (χ3v) is 7.09. The number of rotatable bonds is 6. The highest BCUT2D eigenvalue weighted by Crippen LogP contribution is 2.26. The maximum atomic E-state index is 13.3. The first kappa shape index (κ1) is 23.4. The molecule has 0 saturated carbocycles. The normalized spacial score (nSPS) is 23.1. The van der Waals surface area contributed by atoms with Crippen LogP contribution >= 0.6 is 0 Å². The topological polar surface area (TPSA) is 52.7 Å². The zero-order valence-electron chi connectivity index (χ0n) is 19.6. The monoisotopic (exact) mass is 451 g/mol. The fourth-order valence-corrected chi connectivity index (χ4v) is 5.27. The van der Waals surface area contributed by atoms with Crippen LogP contribution in [0.15, 0.2) is 48.5 Å². The quantitative estimate of drug-likeness (QED) is 0.729. The van der Waals surface area contributed by atoms with Crippen LogP contribution < -0.4 is 5.32 Å². The summed E-state index contributed by atoms with van der Waals surface area (Å²) in [7, 11) is 0. The molecule has 33 heavy (non-hydrogen) atoms. The number of likely N-dealkylation sites (tertiary alicyclic amines) is 1. The third-order valence-electron chi connectivity index (χ3n) is 7.09. The maximum absolute atomic E-state index is 13.3. The van der Waals surface area contributed by atoms with E-state index in [1.165, 1.54) is 23.3 Å². The van der Waals surface area contributed by atoms with Crippen molar-refractivity contribution in [3.8, 4) is 0 Å². The van der Waals surface area contributed by atoms with Crippen LogP contribution in [0.2, 0.25) is 0 Å². The molecule has 0 bridgehead atoms. The number of halogens is 1. The summed E-state index contributed by atoms with van der Waals surface area (Å²) < 4.78 is 13.1. The number of carbonyl (C=O) groups excluding carboxylic acids is 2. The molecule has 1 saturated heterocycles. The van der Waals surface area contributed by atoms with E-state index < -0.39 is 0 Å². The smallest absolute Gasteiger partial charge is 0.237 e. The van der Waals surface area contributed by atoms with Gasteiger partial charge in [-0.2, -0.15) is 0 Å². The average Bonchev–Trinajstić information content (AvgIpc) is 2.79. The Kier molecular flexibility index (Phi) is 7.43. The van der Waals surface area contributed by atoms with Crippen molar-refractivity contribution in [2.45, 2.75) is 70.6 Å². The van der Waals surface area contributed by atoms with Crippen molar-refractivity contribution in [3.63, 3.8) is 0 Å². The molecule has 2 aliphatic heterocycles. The summed E-state index contributed by atoms with van der Waals surface area (Å²) in [6.45, 7) is 5.57. The second-order valence-electron chi connectivity index (χ2n) is 9.49. The van der Waals surface area contributed by atoms with Crippen LogP contribution in [0.3, 0.4) is 0 Å². The van der Waals surface area contributed by atoms with Crippen LogP contribution in [0, 0.1) is 5.82 Å². The SMILES string of the molecule is CC1CCCC(C)N1C(=O)CN1Cc2ccccc2CC1C(=O)NCCc1ccc(F)cc1. The highest BCUT2D eigenvalue weighted by molar-refractivity contribution is 5.84. The molecule has 6 heteroatoms. The lowest BCUT2D eigenvalue weighted by atomic mass is 9.93. The number of amides is 2. The van der Waals surface area contributed by atoms with Crippen molar-refractivity contribution in [2.75, 3.05) is 13.1 Å². The molecule has 1 N–H and O–H groups in total. The van der Waals surface area contributed by atoms with Gasteiger partial charge in [0, 0.05) is 25.2 Å². The second-order valence-corrected chi connectivity index (χ2v) is 9.49. The van der Waals surface area contributed by atoms with Gasteiger partial charge in [0.25, 0.3) is 0 Å².